The van der Waals surface area contributed by atoms with Crippen molar-refractivity contribution in [2.45, 2.75) is 9.92 Å². The molecule has 4 nitrogen and oxygen atoms in total. The summed E-state index contributed by atoms with van der Waals surface area (Å²) < 4.78 is 0. The first kappa shape index (κ1) is 10.6. The fourth-order valence-corrected chi connectivity index (χ4v) is 1.88. The summed E-state index contributed by atoms with van der Waals surface area (Å²) in [4.78, 5) is 15.1. The largest absolute Gasteiger partial charge is 0.269 e. The van der Waals surface area contributed by atoms with Crippen molar-refractivity contribution in [3.8, 4) is 0 Å². The van der Waals surface area contributed by atoms with Crippen LogP contribution in [0.1, 0.15) is 0 Å². The van der Waals surface area contributed by atoms with Crippen LogP contribution in [0.5, 0.6) is 0 Å². The van der Waals surface area contributed by atoms with Crippen molar-refractivity contribution in [2.24, 2.45) is 0 Å². The van der Waals surface area contributed by atoms with Gasteiger partial charge in [-0.2, -0.15) is 0 Å². The molecule has 0 aliphatic carbocycles. The highest BCUT2D eigenvalue weighted by molar-refractivity contribution is 7.99. The topological polar surface area (TPSA) is 56.0 Å². The van der Waals surface area contributed by atoms with E-state index in [0.717, 1.165) is 9.92 Å². The molecule has 2 aromatic rings. The van der Waals surface area contributed by atoms with Gasteiger partial charge in [0, 0.05) is 29.3 Å². The molecule has 0 saturated heterocycles. The molecule has 1 aromatic heterocycles. The summed E-state index contributed by atoms with van der Waals surface area (Å²) in [6.45, 7) is 0. The monoisotopic (exact) mass is 231 g/mol. The van der Waals surface area contributed by atoms with E-state index in [1.807, 2.05) is 6.07 Å². The number of nitro benzene ring substituents is 1. The van der Waals surface area contributed by atoms with E-state index in [1.54, 1.807) is 24.4 Å². The molecule has 2 rings (SSSR count). The van der Waals surface area contributed by atoms with Gasteiger partial charge in [0.15, 0.2) is 0 Å². The first-order valence-electron chi connectivity index (χ1n) is 4.50. The van der Waals surface area contributed by atoms with Crippen LogP contribution in [0.25, 0.3) is 0 Å². The van der Waals surface area contributed by atoms with Crippen LogP contribution < -0.4 is 0 Å². The van der Waals surface area contributed by atoms with E-state index in [4.69, 9.17) is 0 Å². The predicted molar refractivity (Wildman–Crippen MR) is 60.3 cm³/mol. The molecule has 0 aliphatic rings. The van der Waals surface area contributed by atoms with Crippen LogP contribution in [0.2, 0.25) is 0 Å². The van der Waals surface area contributed by atoms with Crippen molar-refractivity contribution in [1.82, 2.24) is 4.98 Å². The lowest BCUT2D eigenvalue weighted by molar-refractivity contribution is -0.384. The van der Waals surface area contributed by atoms with Gasteiger partial charge in [-0.05, 0) is 18.2 Å². The van der Waals surface area contributed by atoms with Crippen LogP contribution in [0.4, 0.5) is 5.69 Å². The van der Waals surface area contributed by atoms with E-state index in [1.165, 1.54) is 23.9 Å². The van der Waals surface area contributed by atoms with Crippen LogP contribution in [-0.4, -0.2) is 9.91 Å². The molecule has 1 aromatic carbocycles. The maximum absolute atomic E-state index is 10.5. The third-order valence-corrected chi connectivity index (χ3v) is 2.82. The van der Waals surface area contributed by atoms with Crippen molar-refractivity contribution < 1.29 is 4.92 Å². The summed E-state index contributed by atoms with van der Waals surface area (Å²) in [5, 5.41) is 11.3. The van der Waals surface area contributed by atoms with Gasteiger partial charge in [0.1, 0.15) is 5.03 Å². The molecule has 0 amide bonds. The molecule has 0 fully saturated rings. The second kappa shape index (κ2) is 4.76. The molecular weight excluding hydrogens is 224 g/mol. The van der Waals surface area contributed by atoms with Gasteiger partial charge in [-0.25, -0.2) is 4.98 Å². The Bertz CT molecular complexity index is 485. The zero-order valence-corrected chi connectivity index (χ0v) is 8.98. The Morgan fingerprint density at radius 1 is 1.25 bits per heavy atom. The number of non-ortho nitro benzene ring substituents is 1. The first-order chi connectivity index (χ1) is 7.75. The summed E-state index contributed by atoms with van der Waals surface area (Å²) in [5.74, 6) is 0. The zero-order valence-electron chi connectivity index (χ0n) is 8.16. The predicted octanol–water partition coefficient (Wildman–Crippen LogP) is 2.94. The summed E-state index contributed by atoms with van der Waals surface area (Å²) >= 11 is 1.45. The van der Waals surface area contributed by atoms with Crippen LogP contribution in [0, 0.1) is 16.2 Å². The standard InChI is InChI=1S/C11H7N2O2S/c14-13(15)9-4-6-10(7-5-9)16-11-3-1-2-8-12-11/h1,3-8H. The molecule has 1 radical (unpaired) electrons. The highest BCUT2D eigenvalue weighted by atomic mass is 32.2. The Balaban J connectivity index is 2.14. The van der Waals surface area contributed by atoms with E-state index in [0.29, 0.717) is 0 Å². The smallest absolute Gasteiger partial charge is 0.258 e. The first-order valence-corrected chi connectivity index (χ1v) is 5.32. The molecule has 1 heterocycles. The molecular formula is C11H7N2O2S. The maximum Gasteiger partial charge on any atom is 0.269 e. The SMILES string of the molecule is O=[N+]([O-])c1ccc(Sc2cc[c]cn2)cc1. The van der Waals surface area contributed by atoms with Gasteiger partial charge in [-0.15, -0.1) is 0 Å². The minimum Gasteiger partial charge on any atom is -0.258 e. The number of aromatic nitrogens is 1. The lowest BCUT2D eigenvalue weighted by Crippen LogP contribution is -1.86. The Kier molecular flexibility index (Phi) is 3.16. The third-order valence-electron chi connectivity index (χ3n) is 1.86. The van der Waals surface area contributed by atoms with E-state index in [-0.39, 0.29) is 5.69 Å². The second-order valence-electron chi connectivity index (χ2n) is 2.95. The normalized spacial score (nSPS) is 10.0. The van der Waals surface area contributed by atoms with Crippen LogP contribution >= 0.6 is 11.8 Å². The lowest BCUT2D eigenvalue weighted by atomic mass is 10.3. The summed E-state index contributed by atoms with van der Waals surface area (Å²) in [6, 6.07) is 12.8. The maximum atomic E-state index is 10.5. The van der Waals surface area contributed by atoms with Crippen molar-refractivity contribution in [3.63, 3.8) is 0 Å². The quantitative estimate of drug-likeness (QED) is 0.602. The van der Waals surface area contributed by atoms with E-state index >= 15 is 0 Å². The molecule has 0 atom stereocenters. The Morgan fingerprint density at radius 3 is 2.56 bits per heavy atom. The minimum absolute atomic E-state index is 0.0960. The molecule has 16 heavy (non-hydrogen) atoms. The molecule has 5 heteroatoms. The molecule has 0 aliphatic heterocycles. The summed E-state index contributed by atoms with van der Waals surface area (Å²) in [5.41, 5.74) is 0.0960. The zero-order chi connectivity index (χ0) is 11.4. The average molecular weight is 231 g/mol. The van der Waals surface area contributed by atoms with Crippen molar-refractivity contribution in [2.75, 3.05) is 0 Å². The van der Waals surface area contributed by atoms with Crippen LogP contribution in [0.3, 0.4) is 0 Å². The van der Waals surface area contributed by atoms with Gasteiger partial charge in [0.25, 0.3) is 5.69 Å². The van der Waals surface area contributed by atoms with E-state index in [2.05, 4.69) is 11.1 Å². The van der Waals surface area contributed by atoms with Gasteiger partial charge in [0.05, 0.1) is 4.92 Å². The summed E-state index contributed by atoms with van der Waals surface area (Å²) in [6.07, 6.45) is 1.59. The highest BCUT2D eigenvalue weighted by Gasteiger charge is 2.04. The third kappa shape index (κ3) is 2.58. The van der Waals surface area contributed by atoms with Crippen LogP contribution in [0.15, 0.2) is 52.5 Å². The number of pyridine rings is 1. The van der Waals surface area contributed by atoms with Gasteiger partial charge >= 0.3 is 0 Å². The van der Waals surface area contributed by atoms with E-state index in [9.17, 15) is 10.1 Å². The van der Waals surface area contributed by atoms with Crippen LogP contribution in [-0.2, 0) is 0 Å². The molecule has 0 N–H and O–H groups in total. The fourth-order valence-electron chi connectivity index (χ4n) is 1.12. The Hall–Kier alpha value is -1.88. The Morgan fingerprint density at radius 2 is 2.00 bits per heavy atom. The van der Waals surface area contributed by atoms with Gasteiger partial charge in [0.2, 0.25) is 0 Å². The van der Waals surface area contributed by atoms with Crippen molar-refractivity contribution >= 4 is 17.4 Å². The fraction of sp³-hybridized carbons (Fsp3) is 0. The van der Waals surface area contributed by atoms with Gasteiger partial charge in [-0.1, -0.05) is 17.8 Å². The lowest BCUT2D eigenvalue weighted by Gasteiger charge is -1.99. The molecule has 0 saturated carbocycles. The van der Waals surface area contributed by atoms with E-state index < -0.39 is 4.92 Å². The average Bonchev–Trinajstić information content (AvgIpc) is 2.31. The molecule has 79 valence electrons. The van der Waals surface area contributed by atoms with Gasteiger partial charge in [-0.3, -0.25) is 10.1 Å². The molecule has 0 unspecified atom stereocenters. The number of hydrogen-bond acceptors (Lipinski definition) is 4. The Labute approximate surface area is 96.5 Å². The number of nitrogens with zero attached hydrogens (tertiary/aromatic N) is 2. The number of nitro groups is 1. The molecule has 0 spiro atoms. The summed E-state index contributed by atoms with van der Waals surface area (Å²) in [7, 11) is 0. The van der Waals surface area contributed by atoms with Gasteiger partial charge < -0.3 is 0 Å². The highest BCUT2D eigenvalue weighted by Crippen LogP contribution is 2.26. The molecule has 0 bridgehead atoms. The number of hydrogen-bond donors (Lipinski definition) is 0. The number of benzene rings is 1. The number of rotatable bonds is 3. The second-order valence-corrected chi connectivity index (χ2v) is 4.04. The van der Waals surface area contributed by atoms with Crippen molar-refractivity contribution in [3.05, 3.63) is 58.8 Å². The van der Waals surface area contributed by atoms with Crippen molar-refractivity contribution in [1.29, 1.82) is 0 Å². The minimum atomic E-state index is -0.413.